The molecule has 2 aromatic carbocycles. The van der Waals surface area contributed by atoms with E-state index in [9.17, 15) is 23.3 Å². The fourth-order valence-electron chi connectivity index (χ4n) is 4.43. The zero-order chi connectivity index (χ0) is 24.3. The van der Waals surface area contributed by atoms with Gasteiger partial charge in [-0.2, -0.15) is 4.31 Å². The van der Waals surface area contributed by atoms with Gasteiger partial charge in [-0.05, 0) is 37.1 Å². The Morgan fingerprint density at radius 1 is 1.06 bits per heavy atom. The fraction of sp³-hybridized carbons (Fsp3) is 0.435. The molecule has 1 amide bonds. The molecule has 2 aromatic rings. The Balaban J connectivity index is 1.48. The van der Waals surface area contributed by atoms with Crippen molar-refractivity contribution in [2.75, 3.05) is 56.2 Å². The molecule has 10 nitrogen and oxygen atoms in total. The predicted molar refractivity (Wildman–Crippen MR) is 127 cm³/mol. The number of nitro benzene ring substituents is 1. The number of benzene rings is 2. The molecule has 0 aromatic heterocycles. The molecule has 34 heavy (non-hydrogen) atoms. The van der Waals surface area contributed by atoms with Crippen molar-refractivity contribution in [2.45, 2.75) is 17.7 Å². The van der Waals surface area contributed by atoms with Crippen LogP contribution in [0, 0.1) is 16.0 Å². The molecule has 2 saturated heterocycles. The van der Waals surface area contributed by atoms with Gasteiger partial charge < -0.3 is 14.5 Å². The van der Waals surface area contributed by atoms with Crippen LogP contribution < -0.4 is 9.80 Å². The summed E-state index contributed by atoms with van der Waals surface area (Å²) >= 11 is 0. The summed E-state index contributed by atoms with van der Waals surface area (Å²) in [7, 11) is -2.09. The number of sulfonamides is 1. The number of carbonyl (C=O) groups excluding carboxylic acids is 1. The minimum atomic E-state index is -3.84. The normalized spacial score (nSPS) is 18.0. The Morgan fingerprint density at radius 3 is 2.32 bits per heavy atom. The number of para-hydroxylation sites is 1. The van der Waals surface area contributed by atoms with Crippen molar-refractivity contribution < 1.29 is 22.9 Å². The predicted octanol–water partition coefficient (Wildman–Crippen LogP) is 2.50. The summed E-state index contributed by atoms with van der Waals surface area (Å²) in [4.78, 5) is 27.6. The number of anilines is 2. The van der Waals surface area contributed by atoms with Gasteiger partial charge in [0.15, 0.2) is 0 Å². The van der Waals surface area contributed by atoms with Gasteiger partial charge in [0.05, 0.1) is 23.0 Å². The Morgan fingerprint density at radius 2 is 1.71 bits per heavy atom. The Bertz CT molecular complexity index is 1140. The quantitative estimate of drug-likeness (QED) is 0.453. The average molecular weight is 489 g/mol. The molecule has 11 heteroatoms. The Hall–Kier alpha value is -3.02. The lowest BCUT2D eigenvalue weighted by Crippen LogP contribution is -2.41. The molecule has 2 aliphatic heterocycles. The van der Waals surface area contributed by atoms with Gasteiger partial charge in [-0.3, -0.25) is 14.9 Å². The number of nitrogens with zero attached hydrogens (tertiary/aromatic N) is 4. The molecule has 2 aliphatic rings. The molecule has 0 aliphatic carbocycles. The van der Waals surface area contributed by atoms with Crippen LogP contribution in [0.15, 0.2) is 53.4 Å². The van der Waals surface area contributed by atoms with Gasteiger partial charge in [0.25, 0.3) is 5.69 Å². The van der Waals surface area contributed by atoms with Crippen LogP contribution in [0.3, 0.4) is 0 Å². The van der Waals surface area contributed by atoms with Crippen LogP contribution in [0.5, 0.6) is 0 Å². The highest BCUT2D eigenvalue weighted by Crippen LogP contribution is 2.35. The smallest absolute Gasteiger partial charge is 0.293 e. The highest BCUT2D eigenvalue weighted by Gasteiger charge is 2.33. The van der Waals surface area contributed by atoms with E-state index in [0.717, 1.165) is 11.8 Å². The van der Waals surface area contributed by atoms with Crippen LogP contribution in [0.2, 0.25) is 0 Å². The number of carbonyl (C=O) groups is 1. The van der Waals surface area contributed by atoms with Crippen LogP contribution >= 0.6 is 0 Å². The molecule has 4 rings (SSSR count). The van der Waals surface area contributed by atoms with Gasteiger partial charge in [0.1, 0.15) is 5.69 Å². The number of amides is 1. The molecule has 182 valence electrons. The summed E-state index contributed by atoms with van der Waals surface area (Å²) in [5, 5.41) is 11.8. The molecular formula is C23H28N4O6S. The lowest BCUT2D eigenvalue weighted by atomic mass is 9.94. The zero-order valence-electron chi connectivity index (χ0n) is 19.0. The number of hydrogen-bond acceptors (Lipinski definition) is 7. The molecule has 0 saturated carbocycles. The molecule has 0 unspecified atom stereocenters. The van der Waals surface area contributed by atoms with Crippen molar-refractivity contribution in [2.24, 2.45) is 5.92 Å². The molecular weight excluding hydrogens is 460 g/mol. The third-order valence-electron chi connectivity index (χ3n) is 6.41. The molecule has 0 radical (unpaired) electrons. The number of piperidine rings is 1. The van der Waals surface area contributed by atoms with Gasteiger partial charge in [0.2, 0.25) is 15.9 Å². The zero-order valence-corrected chi connectivity index (χ0v) is 19.8. The maximum absolute atomic E-state index is 12.9. The molecule has 2 fully saturated rings. The molecule has 0 atom stereocenters. The first-order chi connectivity index (χ1) is 16.3. The number of morpholine rings is 1. The van der Waals surface area contributed by atoms with Crippen LogP contribution in [0.4, 0.5) is 17.1 Å². The summed E-state index contributed by atoms with van der Waals surface area (Å²) in [6.07, 6.45) is 1.11. The van der Waals surface area contributed by atoms with E-state index in [2.05, 4.69) is 0 Å². The minimum Gasteiger partial charge on any atom is -0.379 e. The average Bonchev–Trinajstić information content (AvgIpc) is 2.88. The summed E-state index contributed by atoms with van der Waals surface area (Å²) in [5.41, 5.74) is 0.941. The highest BCUT2D eigenvalue weighted by atomic mass is 32.2. The largest absolute Gasteiger partial charge is 0.379 e. The Kier molecular flexibility index (Phi) is 7.15. The van der Waals surface area contributed by atoms with Crippen LogP contribution in [-0.4, -0.2) is 70.0 Å². The van der Waals surface area contributed by atoms with Gasteiger partial charge in [-0.15, -0.1) is 0 Å². The van der Waals surface area contributed by atoms with Crippen LogP contribution in [-0.2, 0) is 19.6 Å². The molecule has 0 spiro atoms. The summed E-state index contributed by atoms with van der Waals surface area (Å²) in [6.45, 7) is 1.97. The standard InChI is InChI=1S/C23H28N4O6S/c1-24(19-5-3-2-4-6-19)23(28)18-9-11-25(12-10-18)21-8-7-20(17-22(21)27(29)30)34(31,32)26-13-15-33-16-14-26/h2-8,17-18H,9-16H2,1H3. The van der Waals surface area contributed by atoms with E-state index < -0.39 is 14.9 Å². The van der Waals surface area contributed by atoms with Crippen molar-refractivity contribution in [3.05, 3.63) is 58.6 Å². The van der Waals surface area contributed by atoms with E-state index in [1.165, 1.54) is 16.4 Å². The first-order valence-corrected chi connectivity index (χ1v) is 12.7. The second kappa shape index (κ2) is 10.1. The Labute approximate surface area is 198 Å². The van der Waals surface area contributed by atoms with E-state index in [0.29, 0.717) is 44.8 Å². The maximum Gasteiger partial charge on any atom is 0.293 e. The van der Waals surface area contributed by atoms with Gasteiger partial charge in [0, 0.05) is 50.9 Å². The van der Waals surface area contributed by atoms with Crippen molar-refractivity contribution in [1.82, 2.24) is 4.31 Å². The number of nitro groups is 1. The summed E-state index contributed by atoms with van der Waals surface area (Å²) in [6, 6.07) is 13.5. The molecule has 0 N–H and O–H groups in total. The van der Waals surface area contributed by atoms with Crippen LogP contribution in [0.25, 0.3) is 0 Å². The third-order valence-corrected chi connectivity index (χ3v) is 8.30. The topological polar surface area (TPSA) is 113 Å². The summed E-state index contributed by atoms with van der Waals surface area (Å²) in [5.74, 6) is -0.159. The van der Waals surface area contributed by atoms with E-state index in [4.69, 9.17) is 4.74 Å². The van der Waals surface area contributed by atoms with E-state index in [1.807, 2.05) is 35.2 Å². The third kappa shape index (κ3) is 4.91. The maximum atomic E-state index is 12.9. The lowest BCUT2D eigenvalue weighted by Gasteiger charge is -2.34. The highest BCUT2D eigenvalue weighted by molar-refractivity contribution is 7.89. The van der Waals surface area contributed by atoms with Crippen molar-refractivity contribution in [1.29, 1.82) is 0 Å². The van der Waals surface area contributed by atoms with Gasteiger partial charge in [-0.1, -0.05) is 18.2 Å². The SMILES string of the molecule is CN(C(=O)C1CCN(c2ccc(S(=O)(=O)N3CCOCC3)cc2[N+](=O)[O-])CC1)c1ccccc1. The van der Waals surface area contributed by atoms with E-state index in [-0.39, 0.29) is 35.5 Å². The van der Waals surface area contributed by atoms with E-state index >= 15 is 0 Å². The van der Waals surface area contributed by atoms with Crippen molar-refractivity contribution in [3.63, 3.8) is 0 Å². The van der Waals surface area contributed by atoms with Crippen LogP contribution in [0.1, 0.15) is 12.8 Å². The number of ether oxygens (including phenoxy) is 1. The van der Waals surface area contributed by atoms with E-state index in [1.54, 1.807) is 11.9 Å². The van der Waals surface area contributed by atoms with Gasteiger partial charge in [-0.25, -0.2) is 8.42 Å². The lowest BCUT2D eigenvalue weighted by molar-refractivity contribution is -0.384. The first kappa shape index (κ1) is 24.1. The monoisotopic (exact) mass is 488 g/mol. The van der Waals surface area contributed by atoms with Gasteiger partial charge >= 0.3 is 0 Å². The molecule has 2 heterocycles. The first-order valence-electron chi connectivity index (χ1n) is 11.2. The number of rotatable bonds is 6. The molecule has 0 bridgehead atoms. The van der Waals surface area contributed by atoms with Crippen molar-refractivity contribution in [3.8, 4) is 0 Å². The number of hydrogen-bond donors (Lipinski definition) is 0. The minimum absolute atomic E-state index is 0.0207. The second-order valence-electron chi connectivity index (χ2n) is 8.42. The summed E-state index contributed by atoms with van der Waals surface area (Å²) < 4.78 is 32.4. The van der Waals surface area contributed by atoms with Crippen molar-refractivity contribution >= 4 is 33.0 Å². The fourth-order valence-corrected chi connectivity index (χ4v) is 5.86. The second-order valence-corrected chi connectivity index (χ2v) is 10.4.